The number of aromatic nitrogens is 1. The van der Waals surface area contributed by atoms with Gasteiger partial charge in [-0.05, 0) is 25.5 Å². The van der Waals surface area contributed by atoms with Crippen LogP contribution in [-0.2, 0) is 0 Å². The minimum Gasteiger partial charge on any atom is -0.496 e. The van der Waals surface area contributed by atoms with Gasteiger partial charge in [0.15, 0.2) is 0 Å². The van der Waals surface area contributed by atoms with Crippen molar-refractivity contribution in [1.82, 2.24) is 4.98 Å². The van der Waals surface area contributed by atoms with Crippen LogP contribution in [0.25, 0.3) is 0 Å². The predicted octanol–water partition coefficient (Wildman–Crippen LogP) is 2.29. The molecule has 0 bridgehead atoms. The summed E-state index contributed by atoms with van der Waals surface area (Å²) >= 11 is 1.26. The lowest BCUT2D eigenvalue weighted by atomic mass is 10.1. The Hall–Kier alpha value is -1.92. The molecule has 1 aromatic carbocycles. The third kappa shape index (κ3) is 2.45. The normalized spacial score (nSPS) is 10.3. The number of aryl methyl sites for hydroxylation is 1. The second kappa shape index (κ2) is 5.38. The van der Waals surface area contributed by atoms with E-state index in [-0.39, 0.29) is 5.91 Å². The number of thiazole rings is 1. The molecule has 0 saturated carbocycles. The van der Waals surface area contributed by atoms with Gasteiger partial charge in [0.1, 0.15) is 10.6 Å². The van der Waals surface area contributed by atoms with E-state index in [1.54, 1.807) is 12.6 Å². The molecule has 1 heterocycles. The van der Waals surface area contributed by atoms with Gasteiger partial charge >= 0.3 is 0 Å². The molecule has 0 aliphatic heterocycles. The van der Waals surface area contributed by atoms with Gasteiger partial charge in [0.2, 0.25) is 0 Å². The van der Waals surface area contributed by atoms with Crippen LogP contribution in [0.1, 0.15) is 20.8 Å². The van der Waals surface area contributed by atoms with Gasteiger partial charge in [0, 0.05) is 5.56 Å². The lowest BCUT2D eigenvalue weighted by molar-refractivity contribution is 0.0990. The van der Waals surface area contributed by atoms with Gasteiger partial charge in [0.25, 0.3) is 5.91 Å². The van der Waals surface area contributed by atoms with Crippen molar-refractivity contribution < 1.29 is 9.53 Å². The van der Waals surface area contributed by atoms with E-state index in [1.807, 2.05) is 26.0 Å². The lowest BCUT2D eigenvalue weighted by Crippen LogP contribution is -2.37. The maximum Gasteiger partial charge on any atom is 0.284 e. The summed E-state index contributed by atoms with van der Waals surface area (Å²) in [6.45, 7) is 3.82. The van der Waals surface area contributed by atoms with E-state index >= 15 is 0 Å². The average molecular weight is 277 g/mol. The van der Waals surface area contributed by atoms with Gasteiger partial charge in [-0.25, -0.2) is 10.9 Å². The summed E-state index contributed by atoms with van der Waals surface area (Å²) in [5.74, 6) is 6.37. The van der Waals surface area contributed by atoms with E-state index < -0.39 is 0 Å². The number of amides is 1. The molecule has 1 amide bonds. The van der Waals surface area contributed by atoms with Crippen LogP contribution in [0.5, 0.6) is 5.75 Å². The zero-order valence-corrected chi connectivity index (χ0v) is 11.8. The monoisotopic (exact) mass is 277 g/mol. The number of methoxy groups -OCH3 is 1. The standard InChI is InChI=1S/C13H15N3O2S/c1-8-4-5-10(9(2)12(8)18-3)16(14)13(17)11-6-15-7-19-11/h4-7H,14H2,1-3H3. The first-order chi connectivity index (χ1) is 9.06. The van der Waals surface area contributed by atoms with Gasteiger partial charge in [-0.2, -0.15) is 0 Å². The Bertz CT molecular complexity index is 596. The van der Waals surface area contributed by atoms with Crippen LogP contribution >= 0.6 is 11.3 Å². The highest BCUT2D eigenvalue weighted by Crippen LogP contribution is 2.31. The van der Waals surface area contributed by atoms with Crippen LogP contribution in [0, 0.1) is 13.8 Å². The van der Waals surface area contributed by atoms with Crippen molar-refractivity contribution in [3.05, 3.63) is 39.8 Å². The molecular formula is C13H15N3O2S. The lowest BCUT2D eigenvalue weighted by Gasteiger charge is -2.20. The summed E-state index contributed by atoms with van der Waals surface area (Å²) in [5, 5.41) is 1.13. The molecule has 100 valence electrons. The number of carbonyl (C=O) groups excluding carboxylic acids is 1. The first-order valence-electron chi connectivity index (χ1n) is 5.68. The number of ether oxygens (including phenoxy) is 1. The van der Waals surface area contributed by atoms with Crippen LogP contribution in [0.2, 0.25) is 0 Å². The van der Waals surface area contributed by atoms with Crippen molar-refractivity contribution in [2.24, 2.45) is 5.84 Å². The van der Waals surface area contributed by atoms with Crippen LogP contribution in [-0.4, -0.2) is 18.0 Å². The minimum atomic E-state index is -0.281. The van der Waals surface area contributed by atoms with Crippen molar-refractivity contribution in [3.8, 4) is 5.75 Å². The van der Waals surface area contributed by atoms with Crippen molar-refractivity contribution in [1.29, 1.82) is 0 Å². The molecule has 6 heteroatoms. The molecule has 2 aromatic rings. The molecule has 0 aliphatic rings. The smallest absolute Gasteiger partial charge is 0.284 e. The first kappa shape index (κ1) is 13.5. The molecule has 0 unspecified atom stereocenters. The average Bonchev–Trinajstić information content (AvgIpc) is 2.91. The van der Waals surface area contributed by atoms with Crippen LogP contribution < -0.4 is 15.6 Å². The molecule has 0 spiro atoms. The number of carbonyl (C=O) groups is 1. The Balaban J connectivity index is 2.39. The maximum atomic E-state index is 12.2. The Labute approximate surface area is 115 Å². The summed E-state index contributed by atoms with van der Waals surface area (Å²) in [4.78, 5) is 16.6. The largest absolute Gasteiger partial charge is 0.496 e. The van der Waals surface area contributed by atoms with Crippen LogP contribution in [0.15, 0.2) is 23.8 Å². The van der Waals surface area contributed by atoms with Crippen molar-refractivity contribution in [2.75, 3.05) is 12.1 Å². The number of rotatable bonds is 3. The SMILES string of the molecule is COc1c(C)ccc(N(N)C(=O)c2cncs2)c1C. The third-order valence-corrected chi connectivity index (χ3v) is 3.66. The quantitative estimate of drug-likeness (QED) is 0.531. The molecule has 5 nitrogen and oxygen atoms in total. The Morgan fingerprint density at radius 1 is 1.42 bits per heavy atom. The highest BCUT2D eigenvalue weighted by Gasteiger charge is 2.19. The number of hydrogen-bond acceptors (Lipinski definition) is 5. The van der Waals surface area contributed by atoms with Gasteiger partial charge < -0.3 is 4.74 Å². The fourth-order valence-electron chi connectivity index (χ4n) is 1.94. The van der Waals surface area contributed by atoms with E-state index in [9.17, 15) is 4.79 Å². The molecule has 19 heavy (non-hydrogen) atoms. The molecule has 0 fully saturated rings. The highest BCUT2D eigenvalue weighted by atomic mass is 32.1. The number of hydrogen-bond donors (Lipinski definition) is 1. The van der Waals surface area contributed by atoms with E-state index in [0.29, 0.717) is 10.6 Å². The first-order valence-corrected chi connectivity index (χ1v) is 6.56. The summed E-state index contributed by atoms with van der Waals surface area (Å²) < 4.78 is 5.33. The molecule has 2 N–H and O–H groups in total. The van der Waals surface area contributed by atoms with Crippen molar-refractivity contribution in [3.63, 3.8) is 0 Å². The van der Waals surface area contributed by atoms with Crippen molar-refractivity contribution in [2.45, 2.75) is 13.8 Å². The van der Waals surface area contributed by atoms with E-state index in [2.05, 4.69) is 4.98 Å². The maximum absolute atomic E-state index is 12.2. The summed E-state index contributed by atoms with van der Waals surface area (Å²) in [6, 6.07) is 3.69. The van der Waals surface area contributed by atoms with Gasteiger partial charge in [-0.3, -0.25) is 9.78 Å². The zero-order valence-electron chi connectivity index (χ0n) is 11.0. The van der Waals surface area contributed by atoms with Crippen LogP contribution in [0.4, 0.5) is 5.69 Å². The highest BCUT2D eigenvalue weighted by molar-refractivity contribution is 7.11. The second-order valence-corrected chi connectivity index (χ2v) is 4.99. The number of anilines is 1. The van der Waals surface area contributed by atoms with E-state index in [4.69, 9.17) is 10.6 Å². The topological polar surface area (TPSA) is 68.5 Å². The number of nitrogens with two attached hydrogens (primary N) is 1. The molecular weight excluding hydrogens is 262 g/mol. The molecule has 0 aliphatic carbocycles. The zero-order chi connectivity index (χ0) is 14.0. The Morgan fingerprint density at radius 2 is 2.16 bits per heavy atom. The molecule has 2 rings (SSSR count). The number of benzene rings is 1. The van der Waals surface area contributed by atoms with Gasteiger partial charge in [0.05, 0.1) is 24.5 Å². The minimum absolute atomic E-state index is 0.281. The van der Waals surface area contributed by atoms with E-state index in [1.165, 1.54) is 17.5 Å². The summed E-state index contributed by atoms with van der Waals surface area (Å²) in [6.07, 6.45) is 1.51. The fourth-order valence-corrected chi connectivity index (χ4v) is 2.50. The molecule has 0 atom stereocenters. The number of nitrogens with zero attached hydrogens (tertiary/aromatic N) is 2. The van der Waals surface area contributed by atoms with Gasteiger partial charge in [-0.1, -0.05) is 6.07 Å². The Kier molecular flexibility index (Phi) is 3.82. The number of hydrazine groups is 1. The Morgan fingerprint density at radius 3 is 2.74 bits per heavy atom. The fraction of sp³-hybridized carbons (Fsp3) is 0.231. The second-order valence-electron chi connectivity index (χ2n) is 4.10. The summed E-state index contributed by atoms with van der Waals surface area (Å²) in [7, 11) is 1.60. The molecule has 0 radical (unpaired) electrons. The third-order valence-electron chi connectivity index (χ3n) is 2.90. The van der Waals surface area contributed by atoms with Crippen LogP contribution in [0.3, 0.4) is 0 Å². The van der Waals surface area contributed by atoms with Gasteiger partial charge in [-0.15, -0.1) is 11.3 Å². The van der Waals surface area contributed by atoms with E-state index in [0.717, 1.165) is 21.9 Å². The predicted molar refractivity (Wildman–Crippen MR) is 75.6 cm³/mol. The molecule has 1 aromatic heterocycles. The summed E-state index contributed by atoms with van der Waals surface area (Å²) in [5.41, 5.74) is 4.06. The molecule has 0 saturated heterocycles. The van der Waals surface area contributed by atoms with Crippen molar-refractivity contribution >= 4 is 22.9 Å².